The molecule has 1 aromatic rings. The van der Waals surface area contributed by atoms with Gasteiger partial charge in [-0.25, -0.2) is 0 Å². The van der Waals surface area contributed by atoms with Crippen LogP contribution in [-0.2, 0) is 11.2 Å². The van der Waals surface area contributed by atoms with Crippen LogP contribution in [0.3, 0.4) is 0 Å². The molecule has 0 saturated carbocycles. The molecule has 84 valence electrons. The van der Waals surface area contributed by atoms with Crippen LogP contribution in [0, 0.1) is 5.41 Å². The molecule has 0 radical (unpaired) electrons. The Morgan fingerprint density at radius 1 is 1.44 bits per heavy atom. The van der Waals surface area contributed by atoms with Gasteiger partial charge in [0.15, 0.2) is 5.17 Å². The van der Waals surface area contributed by atoms with E-state index in [4.69, 9.17) is 28.6 Å². The molecule has 2 rings (SSSR count). The number of thioether (sulfide) groups is 1. The van der Waals surface area contributed by atoms with E-state index < -0.39 is 0 Å². The van der Waals surface area contributed by atoms with Crippen molar-refractivity contribution in [2.45, 2.75) is 11.7 Å². The molecule has 1 heterocycles. The van der Waals surface area contributed by atoms with E-state index in [0.717, 1.165) is 5.56 Å². The molecule has 1 aromatic carbocycles. The Bertz CT molecular complexity index is 464. The molecule has 1 atom stereocenters. The monoisotopic (exact) mass is 274 g/mol. The van der Waals surface area contributed by atoms with E-state index in [1.165, 1.54) is 11.8 Å². The first kappa shape index (κ1) is 11.8. The van der Waals surface area contributed by atoms with E-state index in [-0.39, 0.29) is 16.3 Å². The van der Waals surface area contributed by atoms with Crippen molar-refractivity contribution in [3.8, 4) is 0 Å². The van der Waals surface area contributed by atoms with Gasteiger partial charge in [0.1, 0.15) is 0 Å². The van der Waals surface area contributed by atoms with Crippen LogP contribution in [0.2, 0.25) is 10.0 Å². The molecule has 16 heavy (non-hydrogen) atoms. The molecular weight excluding hydrogens is 267 g/mol. The summed E-state index contributed by atoms with van der Waals surface area (Å²) in [7, 11) is 0. The number of rotatable bonds is 2. The van der Waals surface area contributed by atoms with Crippen LogP contribution in [0.25, 0.3) is 0 Å². The second-order valence-electron chi connectivity index (χ2n) is 3.36. The normalized spacial score (nSPS) is 20.0. The molecule has 3 nitrogen and oxygen atoms in total. The van der Waals surface area contributed by atoms with Gasteiger partial charge in [-0.05, 0) is 30.2 Å². The van der Waals surface area contributed by atoms with Crippen molar-refractivity contribution >= 4 is 46.0 Å². The van der Waals surface area contributed by atoms with Crippen LogP contribution in [0.5, 0.6) is 0 Å². The summed E-state index contributed by atoms with van der Waals surface area (Å²) in [4.78, 5) is 11.4. The first-order valence-electron chi connectivity index (χ1n) is 4.56. The molecule has 0 bridgehead atoms. The Hall–Kier alpha value is -0.710. The zero-order chi connectivity index (χ0) is 11.7. The van der Waals surface area contributed by atoms with Gasteiger partial charge in [-0.1, -0.05) is 35.0 Å². The van der Waals surface area contributed by atoms with Crippen molar-refractivity contribution in [2.24, 2.45) is 0 Å². The zero-order valence-corrected chi connectivity index (χ0v) is 10.4. The zero-order valence-electron chi connectivity index (χ0n) is 8.09. The first-order chi connectivity index (χ1) is 7.56. The van der Waals surface area contributed by atoms with E-state index in [0.29, 0.717) is 16.5 Å². The standard InChI is InChI=1S/C10H8Cl2N2OS/c11-6-1-2-7(12)5(3-6)4-8-9(15)14-10(13)16-8/h1-3,8H,4H2,(H2,13,14,15)/t8-/m1/s1. The third-order valence-electron chi connectivity index (χ3n) is 2.20. The predicted molar refractivity (Wildman–Crippen MR) is 67.4 cm³/mol. The van der Waals surface area contributed by atoms with Crippen LogP contribution in [0.4, 0.5) is 0 Å². The molecule has 0 aliphatic carbocycles. The highest BCUT2D eigenvalue weighted by molar-refractivity contribution is 8.15. The highest BCUT2D eigenvalue weighted by atomic mass is 35.5. The van der Waals surface area contributed by atoms with Gasteiger partial charge in [-0.3, -0.25) is 10.2 Å². The number of carbonyl (C=O) groups is 1. The Morgan fingerprint density at radius 3 is 2.81 bits per heavy atom. The van der Waals surface area contributed by atoms with E-state index in [2.05, 4.69) is 5.32 Å². The molecule has 1 aliphatic heterocycles. The Kier molecular flexibility index (Phi) is 3.42. The molecule has 2 N–H and O–H groups in total. The molecule has 0 spiro atoms. The summed E-state index contributed by atoms with van der Waals surface area (Å²) in [5, 5.41) is 10.9. The predicted octanol–water partition coefficient (Wildman–Crippen LogP) is 2.70. The fourth-order valence-corrected chi connectivity index (χ4v) is 2.71. The van der Waals surface area contributed by atoms with Gasteiger partial charge in [-0.15, -0.1) is 0 Å². The minimum atomic E-state index is -0.288. The van der Waals surface area contributed by atoms with Gasteiger partial charge in [-0.2, -0.15) is 0 Å². The number of carbonyl (C=O) groups excluding carboxylic acids is 1. The minimum absolute atomic E-state index is 0.147. The van der Waals surface area contributed by atoms with Gasteiger partial charge >= 0.3 is 0 Å². The van der Waals surface area contributed by atoms with E-state index in [1.54, 1.807) is 18.2 Å². The summed E-state index contributed by atoms with van der Waals surface area (Å²) in [6.07, 6.45) is 0.484. The maximum atomic E-state index is 11.4. The molecule has 0 unspecified atom stereocenters. The number of amidine groups is 1. The van der Waals surface area contributed by atoms with Gasteiger partial charge in [0.25, 0.3) is 0 Å². The molecule has 1 aliphatic rings. The quantitative estimate of drug-likeness (QED) is 0.871. The second kappa shape index (κ2) is 4.65. The number of hydrogen-bond acceptors (Lipinski definition) is 3. The lowest BCUT2D eigenvalue weighted by molar-refractivity contribution is -0.118. The average Bonchev–Trinajstić information content (AvgIpc) is 2.51. The van der Waals surface area contributed by atoms with Gasteiger partial charge in [0.2, 0.25) is 5.91 Å². The number of benzene rings is 1. The molecule has 1 amide bonds. The Morgan fingerprint density at radius 2 is 2.19 bits per heavy atom. The summed E-state index contributed by atoms with van der Waals surface area (Å²) in [5.74, 6) is -0.147. The lowest BCUT2D eigenvalue weighted by atomic mass is 10.1. The van der Waals surface area contributed by atoms with Crippen molar-refractivity contribution < 1.29 is 4.79 Å². The fourth-order valence-electron chi connectivity index (χ4n) is 1.45. The highest BCUT2D eigenvalue weighted by Crippen LogP contribution is 2.27. The topological polar surface area (TPSA) is 53.0 Å². The van der Waals surface area contributed by atoms with Crippen LogP contribution in [0.1, 0.15) is 5.56 Å². The van der Waals surface area contributed by atoms with Crippen molar-refractivity contribution in [1.29, 1.82) is 5.41 Å². The smallest absolute Gasteiger partial charge is 0.239 e. The highest BCUT2D eigenvalue weighted by Gasteiger charge is 2.29. The van der Waals surface area contributed by atoms with Crippen LogP contribution in [0.15, 0.2) is 18.2 Å². The molecule has 6 heteroatoms. The number of halogens is 2. The lowest BCUT2D eigenvalue weighted by Gasteiger charge is -2.07. The third kappa shape index (κ3) is 2.51. The maximum absolute atomic E-state index is 11.4. The summed E-state index contributed by atoms with van der Waals surface area (Å²) in [6, 6.07) is 5.17. The van der Waals surface area contributed by atoms with Gasteiger partial charge in [0.05, 0.1) is 5.25 Å². The maximum Gasteiger partial charge on any atom is 0.239 e. The number of nitrogens with one attached hydrogen (secondary N) is 2. The molecule has 0 aromatic heterocycles. The van der Waals surface area contributed by atoms with E-state index in [1.807, 2.05) is 0 Å². The molecule has 1 fully saturated rings. The average molecular weight is 275 g/mol. The lowest BCUT2D eigenvalue weighted by Crippen LogP contribution is -2.25. The number of amides is 1. The van der Waals surface area contributed by atoms with Gasteiger partial charge in [0, 0.05) is 10.0 Å². The summed E-state index contributed by atoms with van der Waals surface area (Å²) in [5.41, 5.74) is 0.830. The summed E-state index contributed by atoms with van der Waals surface area (Å²) in [6.45, 7) is 0. The summed E-state index contributed by atoms with van der Waals surface area (Å²) >= 11 is 13.1. The Balaban J connectivity index is 2.18. The largest absolute Gasteiger partial charge is 0.305 e. The molecule has 1 saturated heterocycles. The van der Waals surface area contributed by atoms with Crippen molar-refractivity contribution in [2.75, 3.05) is 0 Å². The summed E-state index contributed by atoms with van der Waals surface area (Å²) < 4.78 is 0. The van der Waals surface area contributed by atoms with Crippen molar-refractivity contribution in [1.82, 2.24) is 5.32 Å². The first-order valence-corrected chi connectivity index (χ1v) is 6.20. The number of hydrogen-bond donors (Lipinski definition) is 2. The van der Waals surface area contributed by atoms with Crippen LogP contribution in [-0.4, -0.2) is 16.3 Å². The van der Waals surface area contributed by atoms with Crippen molar-refractivity contribution in [3.05, 3.63) is 33.8 Å². The minimum Gasteiger partial charge on any atom is -0.305 e. The SMILES string of the molecule is N=C1NC(=O)[C@@H](Cc2cc(Cl)ccc2Cl)S1. The van der Waals surface area contributed by atoms with Crippen LogP contribution < -0.4 is 5.32 Å². The second-order valence-corrected chi connectivity index (χ2v) is 5.42. The van der Waals surface area contributed by atoms with E-state index in [9.17, 15) is 4.79 Å². The van der Waals surface area contributed by atoms with Gasteiger partial charge < -0.3 is 5.32 Å². The molecular formula is C10H8Cl2N2OS. The Labute approximate surface area is 107 Å². The van der Waals surface area contributed by atoms with Crippen molar-refractivity contribution in [3.63, 3.8) is 0 Å². The third-order valence-corrected chi connectivity index (χ3v) is 3.81. The van der Waals surface area contributed by atoms with E-state index >= 15 is 0 Å². The van der Waals surface area contributed by atoms with Crippen LogP contribution >= 0.6 is 35.0 Å². The fraction of sp³-hybridized carbons (Fsp3) is 0.200.